The summed E-state index contributed by atoms with van der Waals surface area (Å²) in [7, 11) is 0. The smallest absolute Gasteiger partial charge is 0.342 e. The number of alkyl halides is 5. The zero-order chi connectivity index (χ0) is 12.5. The molecule has 0 aliphatic heterocycles. The molecule has 3 nitrogen and oxygen atoms in total. The van der Waals surface area contributed by atoms with Crippen molar-refractivity contribution in [2.75, 3.05) is 0 Å². The van der Waals surface area contributed by atoms with Gasteiger partial charge in [-0.2, -0.15) is 18.4 Å². The lowest BCUT2D eigenvalue weighted by molar-refractivity contribution is -0.143. The zero-order valence-corrected chi connectivity index (χ0v) is 7.40. The summed E-state index contributed by atoms with van der Waals surface area (Å²) < 4.78 is 61.4. The Morgan fingerprint density at radius 1 is 1.38 bits per heavy atom. The fourth-order valence-corrected chi connectivity index (χ4v) is 1.07. The summed E-state index contributed by atoms with van der Waals surface area (Å²) in [6, 6.07) is 1.65. The maximum Gasteiger partial charge on any atom is 0.431 e. The highest BCUT2D eigenvalue weighted by Crippen LogP contribution is 2.33. The van der Waals surface area contributed by atoms with Crippen LogP contribution < -0.4 is 5.43 Å². The van der Waals surface area contributed by atoms with Crippen LogP contribution in [0.25, 0.3) is 0 Å². The number of rotatable bonds is 1. The number of pyridine rings is 1. The number of hydrogen-bond donors (Lipinski definition) is 1. The molecule has 1 N–H and O–H groups in total. The van der Waals surface area contributed by atoms with Crippen molar-refractivity contribution in [3.05, 3.63) is 33.2 Å². The van der Waals surface area contributed by atoms with Gasteiger partial charge < -0.3 is 4.98 Å². The minimum atomic E-state index is -5.14. The minimum absolute atomic E-state index is 0.400. The molecule has 0 atom stereocenters. The quantitative estimate of drug-likeness (QED) is 0.762. The summed E-state index contributed by atoms with van der Waals surface area (Å²) in [5, 5.41) is 8.31. The minimum Gasteiger partial charge on any atom is -0.342 e. The Balaban J connectivity index is 3.62. The van der Waals surface area contributed by atoms with Crippen molar-refractivity contribution in [2.24, 2.45) is 0 Å². The molecule has 0 saturated carbocycles. The molecule has 8 heteroatoms. The molecule has 0 spiro atoms. The summed E-state index contributed by atoms with van der Waals surface area (Å²) in [6.45, 7) is 0. The molecule has 1 aromatic rings. The Bertz CT molecular complexity index is 497. The summed E-state index contributed by atoms with van der Waals surface area (Å²) in [5.41, 5.74) is -5.79. The fourth-order valence-electron chi connectivity index (χ4n) is 1.07. The van der Waals surface area contributed by atoms with Gasteiger partial charge in [-0.25, -0.2) is 8.78 Å². The predicted octanol–water partition coefficient (Wildman–Crippen LogP) is 2.20. The van der Waals surface area contributed by atoms with Crippen LogP contribution >= 0.6 is 0 Å². The highest BCUT2D eigenvalue weighted by Gasteiger charge is 2.38. The number of nitrogens with zero attached hydrogens (tertiary/aromatic N) is 1. The summed E-state index contributed by atoms with van der Waals surface area (Å²) in [6.07, 6.45) is -8.70. The first-order chi connectivity index (χ1) is 7.27. The van der Waals surface area contributed by atoms with Gasteiger partial charge in [0.1, 0.15) is 17.5 Å². The lowest BCUT2D eigenvalue weighted by Gasteiger charge is -2.11. The van der Waals surface area contributed by atoms with Gasteiger partial charge in [-0.3, -0.25) is 4.79 Å². The molecule has 0 amide bonds. The van der Waals surface area contributed by atoms with E-state index in [-0.39, 0.29) is 0 Å². The van der Waals surface area contributed by atoms with E-state index in [0.717, 1.165) is 0 Å². The first kappa shape index (κ1) is 12.2. The molecule has 0 aromatic carbocycles. The first-order valence-corrected chi connectivity index (χ1v) is 3.80. The Morgan fingerprint density at radius 3 is 2.31 bits per heavy atom. The number of nitrogens with one attached hydrogen (secondary N) is 1. The molecule has 0 fully saturated rings. The molecule has 16 heavy (non-hydrogen) atoms. The van der Waals surface area contributed by atoms with Crippen LogP contribution in [0.15, 0.2) is 10.9 Å². The molecule has 1 rings (SSSR count). The molecule has 0 unspecified atom stereocenters. The molecule has 1 aromatic heterocycles. The van der Waals surface area contributed by atoms with Crippen molar-refractivity contribution < 1.29 is 22.0 Å². The van der Waals surface area contributed by atoms with Gasteiger partial charge in [0.25, 0.3) is 6.43 Å². The molecule has 1 heterocycles. The number of halogens is 5. The Morgan fingerprint density at radius 2 is 1.94 bits per heavy atom. The van der Waals surface area contributed by atoms with Crippen molar-refractivity contribution in [1.82, 2.24) is 4.98 Å². The van der Waals surface area contributed by atoms with Gasteiger partial charge in [-0.1, -0.05) is 0 Å². The zero-order valence-electron chi connectivity index (χ0n) is 7.40. The highest BCUT2D eigenvalue weighted by atomic mass is 19.4. The van der Waals surface area contributed by atoms with E-state index >= 15 is 0 Å². The van der Waals surface area contributed by atoms with Crippen LogP contribution in [0.3, 0.4) is 0 Å². The summed E-state index contributed by atoms with van der Waals surface area (Å²) in [4.78, 5) is 12.4. The maximum atomic E-state index is 12.3. The Hall–Kier alpha value is -1.91. The van der Waals surface area contributed by atoms with Crippen LogP contribution in [0.4, 0.5) is 22.0 Å². The molecule has 0 radical (unpaired) electrons. The second kappa shape index (κ2) is 3.92. The van der Waals surface area contributed by atoms with Crippen LogP contribution in [0.1, 0.15) is 23.4 Å². The summed E-state index contributed by atoms with van der Waals surface area (Å²) >= 11 is 0. The SMILES string of the molecule is N#Cc1cc(=O)c(C(F)F)c(C(F)(F)F)[nH]1. The molecule has 0 aliphatic rings. The highest BCUT2D eigenvalue weighted by molar-refractivity contribution is 5.31. The van der Waals surface area contributed by atoms with E-state index in [1.807, 2.05) is 0 Å². The second-order valence-corrected chi connectivity index (χ2v) is 2.75. The van der Waals surface area contributed by atoms with Crippen molar-refractivity contribution in [1.29, 1.82) is 5.26 Å². The van der Waals surface area contributed by atoms with Crippen LogP contribution in [0.5, 0.6) is 0 Å². The van der Waals surface area contributed by atoms with E-state index in [2.05, 4.69) is 0 Å². The largest absolute Gasteiger partial charge is 0.431 e. The average molecular weight is 238 g/mol. The van der Waals surface area contributed by atoms with Gasteiger partial charge in [0, 0.05) is 6.07 Å². The van der Waals surface area contributed by atoms with E-state index in [9.17, 15) is 26.7 Å². The summed E-state index contributed by atoms with van der Waals surface area (Å²) in [5.74, 6) is 0. The van der Waals surface area contributed by atoms with E-state index < -0.39 is 35.0 Å². The topological polar surface area (TPSA) is 56.6 Å². The van der Waals surface area contributed by atoms with E-state index in [4.69, 9.17) is 5.26 Å². The lowest BCUT2D eigenvalue weighted by Crippen LogP contribution is -2.21. The van der Waals surface area contributed by atoms with Crippen molar-refractivity contribution in [3.63, 3.8) is 0 Å². The fraction of sp³-hybridized carbons (Fsp3) is 0.250. The van der Waals surface area contributed by atoms with Gasteiger partial charge >= 0.3 is 6.18 Å². The molecular formula is C8H3F5N2O. The van der Waals surface area contributed by atoms with Crippen LogP contribution in [0.2, 0.25) is 0 Å². The number of aromatic nitrogens is 1. The van der Waals surface area contributed by atoms with Gasteiger partial charge in [0.2, 0.25) is 0 Å². The second-order valence-electron chi connectivity index (χ2n) is 2.75. The normalized spacial score (nSPS) is 11.6. The molecule has 0 saturated heterocycles. The number of hydrogen-bond acceptors (Lipinski definition) is 2. The van der Waals surface area contributed by atoms with Crippen LogP contribution in [0, 0.1) is 11.3 Å². The number of H-pyrrole nitrogens is 1. The average Bonchev–Trinajstić information content (AvgIpc) is 2.14. The van der Waals surface area contributed by atoms with Gasteiger partial charge in [-0.05, 0) is 0 Å². The monoisotopic (exact) mass is 238 g/mol. The molecule has 86 valence electrons. The lowest BCUT2D eigenvalue weighted by atomic mass is 10.1. The molecule has 0 aliphatic carbocycles. The van der Waals surface area contributed by atoms with Crippen LogP contribution in [-0.4, -0.2) is 4.98 Å². The third kappa shape index (κ3) is 2.18. The first-order valence-electron chi connectivity index (χ1n) is 3.80. The maximum absolute atomic E-state index is 12.3. The third-order valence-electron chi connectivity index (χ3n) is 1.69. The number of aromatic amines is 1. The van der Waals surface area contributed by atoms with Crippen molar-refractivity contribution in [2.45, 2.75) is 12.6 Å². The van der Waals surface area contributed by atoms with E-state index in [1.165, 1.54) is 11.1 Å². The third-order valence-corrected chi connectivity index (χ3v) is 1.69. The van der Waals surface area contributed by atoms with E-state index in [0.29, 0.717) is 6.07 Å². The van der Waals surface area contributed by atoms with Crippen molar-refractivity contribution >= 4 is 0 Å². The van der Waals surface area contributed by atoms with Crippen LogP contribution in [-0.2, 0) is 6.18 Å². The molecular weight excluding hydrogens is 235 g/mol. The number of nitriles is 1. The molecule has 0 bridgehead atoms. The predicted molar refractivity (Wildman–Crippen MR) is 41.7 cm³/mol. The van der Waals surface area contributed by atoms with E-state index in [1.54, 1.807) is 0 Å². The van der Waals surface area contributed by atoms with Gasteiger partial charge in [0.05, 0.1) is 5.56 Å². The van der Waals surface area contributed by atoms with Gasteiger partial charge in [0.15, 0.2) is 5.43 Å². The Kier molecular flexibility index (Phi) is 2.98. The van der Waals surface area contributed by atoms with Crippen molar-refractivity contribution in [3.8, 4) is 6.07 Å². The Labute approximate surface area is 85.1 Å². The standard InChI is InChI=1S/C8H3F5N2O/c9-7(10)5-4(16)1-3(2-14)15-6(5)8(11,12)13/h1,7H,(H,15,16). The van der Waals surface area contributed by atoms with Gasteiger partial charge in [-0.15, -0.1) is 0 Å².